The Morgan fingerprint density at radius 1 is 0.391 bits per heavy atom. The van der Waals surface area contributed by atoms with E-state index in [9.17, 15) is 23.8 Å². The van der Waals surface area contributed by atoms with E-state index in [0.717, 1.165) is 144 Å². The molecule has 0 bridgehead atoms. The van der Waals surface area contributed by atoms with Gasteiger partial charge in [0.25, 0.3) is 5.92 Å². The van der Waals surface area contributed by atoms with Gasteiger partial charge in [-0.15, -0.1) is 0 Å². The minimum Gasteiger partial charge on any atom is -0.463 e. The number of β-amino-alcohol motifs (C(OH)–C–C–N with tert-alkyl or cyclic N) is 2. The van der Waals surface area contributed by atoms with E-state index in [1.54, 1.807) is 4.90 Å². The van der Waals surface area contributed by atoms with Crippen LogP contribution in [-0.2, 0) is 23.7 Å². The van der Waals surface area contributed by atoms with Crippen molar-refractivity contribution in [3.63, 3.8) is 0 Å². The first-order valence-corrected chi connectivity index (χ1v) is 42.3. The summed E-state index contributed by atoms with van der Waals surface area (Å²) in [5, 5.41) is 39.9. The quantitative estimate of drug-likeness (QED) is 0.156. The van der Waals surface area contributed by atoms with Gasteiger partial charge in [0.15, 0.2) is 0 Å². The van der Waals surface area contributed by atoms with Gasteiger partial charge in [-0.3, -0.25) is 58.7 Å². The Balaban J connectivity index is 0.000000612. The third kappa shape index (κ3) is 43.3. The fraction of sp³-hybridized carbons (Fsp3) is 0.989. The summed E-state index contributed by atoms with van der Waals surface area (Å²) in [6.45, 7) is 103. The van der Waals surface area contributed by atoms with Crippen molar-refractivity contribution in [2.45, 2.75) is 371 Å². The standard InChI is InChI=1S/C11H24N2.C10H22N2.C10H21NO.C9H19NO2.C9H19NO.C8H15NO2.2C8H17NO.C7H13F2N.C7H15NO/c1-10(2,3)13-8-7-12(6)11(4,5)9-13;1-9(2,3)12-7-6-11-10(4,5)8-12;1-9(2,3)11-6-7-12-10(4,5)8-11;1-9(2,3)10-4-5-12-8(6-10)7-11;1-9(2,3)10-6-4-8(11)5-7-10;1-8(2,3)9-4-5-11-7(10)6-9;1-8(2,3)9-4-6-10-7-5-9;1-8(2,3)9-5-4-7(10)6-9;1-6(2,3)10-4-7(8,9)5-10;1-7(2,3)8-4-6(9)5-8/h7-9H2,1-6H3;11H,6-8H2,1-5H3;6-8H2,1-5H3;8,11H,4-7H2,1-3H3;8,11H,4-7H2,1-3H3;4-6H2,1-3H3;4-7H2,1-3H3;7,10H,4-6H2,1-3H3;4-5H2,1-3H3;6,9H,4-5H2,1-3H3. The smallest absolute Gasteiger partial charge is 0.320 e. The maximum atomic E-state index is 12.3. The minimum atomic E-state index is -2.42. The molecule has 0 aromatic heterocycles. The van der Waals surface area contributed by atoms with Crippen molar-refractivity contribution in [2.24, 2.45) is 0 Å². The van der Waals surface area contributed by atoms with E-state index in [0.29, 0.717) is 35.3 Å². The molecule has 21 nitrogen and oxygen atoms in total. The number of ether oxygens (including phenoxy) is 4. The zero-order valence-electron chi connectivity index (χ0n) is 78.7. The molecule has 10 rings (SSSR count). The average molecular weight is 1580 g/mol. The van der Waals surface area contributed by atoms with Crippen molar-refractivity contribution in [1.29, 1.82) is 0 Å². The first kappa shape index (κ1) is 107. The molecule has 10 aliphatic heterocycles. The largest absolute Gasteiger partial charge is 0.463 e. The van der Waals surface area contributed by atoms with Gasteiger partial charge in [-0.05, 0) is 276 Å². The monoisotopic (exact) mass is 1580 g/mol. The maximum Gasteiger partial charge on any atom is 0.320 e. The number of likely N-dealkylation sites (N-methyl/N-ethyl adjacent to an activating group) is 1. The summed E-state index contributed by atoms with van der Waals surface area (Å²) in [7, 11) is 2.22. The molecule has 10 fully saturated rings. The van der Waals surface area contributed by atoms with E-state index in [4.69, 9.17) is 29.2 Å². The number of rotatable bonds is 1. The number of carbonyl (C=O) groups excluding carboxylic acids is 1. The van der Waals surface area contributed by atoms with Crippen LogP contribution < -0.4 is 5.32 Å². The second-order valence-electron chi connectivity index (χ2n) is 44.4. The van der Waals surface area contributed by atoms with Crippen LogP contribution in [-0.4, -0.2) is 373 Å². The highest BCUT2D eigenvalue weighted by atomic mass is 19.3. The number of cyclic esters (lactones) is 1. The first-order chi connectivity index (χ1) is 49.3. The van der Waals surface area contributed by atoms with Crippen LogP contribution in [0.3, 0.4) is 0 Å². The number of aliphatic hydroxyl groups is 4. The van der Waals surface area contributed by atoms with E-state index in [2.05, 4.69) is 290 Å². The number of carbonyl (C=O) groups is 1. The number of nitrogens with zero attached hydrogens (tertiary/aromatic N) is 11. The van der Waals surface area contributed by atoms with E-state index in [1.165, 1.54) is 26.2 Å². The first-order valence-electron chi connectivity index (χ1n) is 42.3. The zero-order chi connectivity index (χ0) is 85.7. The van der Waals surface area contributed by atoms with E-state index < -0.39 is 5.92 Å². The van der Waals surface area contributed by atoms with Crippen molar-refractivity contribution < 1.29 is 52.9 Å². The lowest BCUT2D eigenvalue weighted by Crippen LogP contribution is -2.62. The molecule has 5 N–H and O–H groups in total. The van der Waals surface area contributed by atoms with Crippen LogP contribution in [0.5, 0.6) is 0 Å². The van der Waals surface area contributed by atoms with Gasteiger partial charge in [0, 0.05) is 191 Å². The second-order valence-corrected chi connectivity index (χ2v) is 44.4. The second kappa shape index (κ2) is 44.0. The fourth-order valence-corrected chi connectivity index (χ4v) is 13.8. The lowest BCUT2D eigenvalue weighted by atomic mass is 9.95. The fourth-order valence-electron chi connectivity index (χ4n) is 13.8. The molecule has 0 radical (unpaired) electrons. The van der Waals surface area contributed by atoms with Crippen LogP contribution >= 0.6 is 0 Å². The molecule has 0 spiro atoms. The van der Waals surface area contributed by atoms with Crippen molar-refractivity contribution >= 4 is 5.97 Å². The summed E-state index contributed by atoms with van der Waals surface area (Å²) in [6.07, 6.45) is 2.64. The topological polar surface area (TPSA) is 183 Å². The Bertz CT molecular complexity index is 2450. The molecule has 0 saturated carbocycles. The van der Waals surface area contributed by atoms with Crippen LogP contribution in [0.1, 0.15) is 269 Å². The average Bonchev–Trinajstić information content (AvgIpc) is 0.843. The predicted molar refractivity (Wildman–Crippen MR) is 458 cm³/mol. The molecule has 2 atom stereocenters. The van der Waals surface area contributed by atoms with Gasteiger partial charge in [-0.25, -0.2) is 8.78 Å². The predicted octanol–water partition coefficient (Wildman–Crippen LogP) is 11.7. The Morgan fingerprint density at radius 3 is 1.07 bits per heavy atom. The number of halogens is 2. The van der Waals surface area contributed by atoms with Gasteiger partial charge >= 0.3 is 5.97 Å². The third-order valence-corrected chi connectivity index (χ3v) is 22.4. The number of nitrogens with one attached hydrogen (secondary N) is 1. The van der Waals surface area contributed by atoms with Crippen molar-refractivity contribution in [1.82, 2.24) is 59.2 Å². The number of piperidine rings is 1. The highest BCUT2D eigenvalue weighted by Gasteiger charge is 2.48. The molecule has 0 aromatic carbocycles. The highest BCUT2D eigenvalue weighted by molar-refractivity contribution is 5.72. The van der Waals surface area contributed by atoms with E-state index in [-0.39, 0.29) is 100.0 Å². The van der Waals surface area contributed by atoms with Gasteiger partial charge < -0.3 is 44.7 Å². The summed E-state index contributed by atoms with van der Waals surface area (Å²) < 4.78 is 45.6. The SMILES string of the molecule is CC(C)(C)N1CC(F)(F)C1.CC(C)(C)N1CC(O)C1.CC(C)(C)N1CCC(O)C1.CC(C)(C)N1CCC(O)CC1.CC(C)(C)N1CCOC(=O)C1.CC(C)(C)N1CCOC(CO)C1.CC(C)(C)N1CCOCC1.CC1(C)CN(C(C)(C)C)CCN1.CC1(C)CN(C(C)(C)C)CCO1.CN1CCN(C(C)(C)C)CC1(C)C. The van der Waals surface area contributed by atoms with Crippen molar-refractivity contribution in [2.75, 3.05) is 191 Å². The number of morpholine rings is 4. The maximum absolute atomic E-state index is 12.3. The van der Waals surface area contributed by atoms with Crippen LogP contribution in [0.4, 0.5) is 8.78 Å². The van der Waals surface area contributed by atoms with E-state index in [1.807, 2.05) is 20.8 Å². The summed E-state index contributed by atoms with van der Waals surface area (Å²) in [5.41, 5.74) is 2.82. The molecule has 10 aliphatic rings. The van der Waals surface area contributed by atoms with Gasteiger partial charge in [0.05, 0.1) is 82.7 Å². The molecule has 0 aliphatic carbocycles. The minimum absolute atomic E-state index is 0.0120. The van der Waals surface area contributed by atoms with Gasteiger partial charge in [0.2, 0.25) is 0 Å². The van der Waals surface area contributed by atoms with Gasteiger partial charge in [-0.1, -0.05) is 0 Å². The molecular weight excluding hydrogens is 1400 g/mol. The van der Waals surface area contributed by atoms with Gasteiger partial charge in [-0.2, -0.15) is 0 Å². The third-order valence-electron chi connectivity index (χ3n) is 22.4. The van der Waals surface area contributed by atoms with Crippen molar-refractivity contribution in [3.8, 4) is 0 Å². The molecule has 10 saturated heterocycles. The number of esters is 1. The Hall–Kier alpha value is -1.43. The number of hydrogen-bond donors (Lipinski definition) is 5. The molecule has 0 aromatic rings. The highest BCUT2D eigenvalue weighted by Crippen LogP contribution is 2.33. The molecule has 23 heteroatoms. The lowest BCUT2D eigenvalue weighted by molar-refractivity contribution is -0.160. The molecule has 658 valence electrons. The normalized spacial score (nSPS) is 25.4. The van der Waals surface area contributed by atoms with Crippen LogP contribution in [0.15, 0.2) is 0 Å². The van der Waals surface area contributed by atoms with Crippen LogP contribution in [0.25, 0.3) is 0 Å². The summed E-state index contributed by atoms with van der Waals surface area (Å²) in [6, 6.07) is 0. The number of hydrogen-bond acceptors (Lipinski definition) is 21. The summed E-state index contributed by atoms with van der Waals surface area (Å²) >= 11 is 0. The Morgan fingerprint density at radius 2 is 0.764 bits per heavy atom. The number of piperazine rings is 2. The van der Waals surface area contributed by atoms with Gasteiger partial charge in [0.1, 0.15) is 6.61 Å². The Kier molecular flexibility index (Phi) is 42.7. The number of alkyl halides is 2. The zero-order valence-corrected chi connectivity index (χ0v) is 78.7. The van der Waals surface area contributed by atoms with E-state index >= 15 is 0 Å². The molecule has 110 heavy (non-hydrogen) atoms. The van der Waals surface area contributed by atoms with Crippen LogP contribution in [0.2, 0.25) is 0 Å². The molecule has 10 heterocycles. The molecular formula is C87H182F2N12O9. The van der Waals surface area contributed by atoms with Crippen molar-refractivity contribution in [3.05, 3.63) is 0 Å². The lowest BCUT2D eigenvalue weighted by Gasteiger charge is -2.50. The molecule has 2 unspecified atom stereocenters. The summed E-state index contributed by atoms with van der Waals surface area (Å²) in [5.74, 6) is -2.53. The number of likely N-dealkylation sites (tertiary alicyclic amines) is 4. The van der Waals surface area contributed by atoms with Crippen LogP contribution in [0, 0.1) is 0 Å². The number of aliphatic hydroxyl groups excluding tert-OH is 4. The summed E-state index contributed by atoms with van der Waals surface area (Å²) in [4.78, 5) is 36.6. The Labute approximate surface area is 676 Å². The molecule has 0 amide bonds.